The number of carbonyl (C=O) groups excluding carboxylic acids is 2. The van der Waals surface area contributed by atoms with Crippen molar-refractivity contribution in [3.63, 3.8) is 0 Å². The number of anilines is 1. The van der Waals surface area contributed by atoms with E-state index >= 15 is 4.39 Å². The molecule has 1 aliphatic heterocycles. The Balaban J connectivity index is 1.42. The maximum absolute atomic E-state index is 15.5. The van der Waals surface area contributed by atoms with E-state index in [4.69, 9.17) is 4.98 Å². The van der Waals surface area contributed by atoms with Crippen molar-refractivity contribution in [1.29, 1.82) is 0 Å². The summed E-state index contributed by atoms with van der Waals surface area (Å²) < 4.78 is 42.0. The number of hydrogen-bond donors (Lipinski definition) is 1. The van der Waals surface area contributed by atoms with Gasteiger partial charge in [0.05, 0.1) is 18.6 Å². The molecule has 6 rings (SSSR count). The molecule has 2 aromatic heterocycles. The van der Waals surface area contributed by atoms with E-state index in [0.29, 0.717) is 41.1 Å². The van der Waals surface area contributed by atoms with Crippen molar-refractivity contribution in [2.75, 3.05) is 18.0 Å². The fourth-order valence-corrected chi connectivity index (χ4v) is 5.42. The second kappa shape index (κ2) is 11.4. The normalized spacial score (nSPS) is 14.0. The fourth-order valence-electron chi connectivity index (χ4n) is 5.42. The molecule has 1 N–H and O–H groups in total. The number of pyridine rings is 1. The average molecular weight is 583 g/mol. The number of ketones is 1. The monoisotopic (exact) mass is 582 g/mol. The molecule has 0 radical (unpaired) electrons. The molecular weight excluding hydrogens is 553 g/mol. The highest BCUT2D eigenvalue weighted by atomic mass is 19.3. The summed E-state index contributed by atoms with van der Waals surface area (Å²) in [5.41, 5.74) is 3.73. The zero-order valence-electron chi connectivity index (χ0n) is 23.5. The number of aromatic amines is 1. The van der Waals surface area contributed by atoms with E-state index < -0.39 is 30.7 Å². The molecule has 1 aliphatic rings. The summed E-state index contributed by atoms with van der Waals surface area (Å²) in [5, 5.41) is 0.611. The van der Waals surface area contributed by atoms with E-state index in [1.54, 1.807) is 19.2 Å². The van der Waals surface area contributed by atoms with E-state index in [1.807, 2.05) is 60.7 Å². The molecule has 0 unspecified atom stereocenters. The Bertz CT molecular complexity index is 1760. The first-order valence-electron chi connectivity index (χ1n) is 14.1. The molecule has 43 heavy (non-hydrogen) atoms. The Morgan fingerprint density at radius 3 is 2.12 bits per heavy atom. The molecule has 9 heteroatoms. The topological polar surface area (TPSA) is 69.3 Å². The summed E-state index contributed by atoms with van der Waals surface area (Å²) in [4.78, 5) is 36.7. The van der Waals surface area contributed by atoms with E-state index in [-0.39, 0.29) is 23.3 Å². The summed E-state index contributed by atoms with van der Waals surface area (Å²) >= 11 is 0. The molecule has 0 bridgehead atoms. The summed E-state index contributed by atoms with van der Waals surface area (Å²) in [6.07, 6.45) is 1.85. The maximum atomic E-state index is 15.5. The molecule has 3 heterocycles. The number of rotatable bonds is 9. The van der Waals surface area contributed by atoms with Gasteiger partial charge in [-0.05, 0) is 35.4 Å². The van der Waals surface area contributed by atoms with Crippen LogP contribution in [0, 0.1) is 5.82 Å². The SMILES string of the molecule is CCC(=O)c1cnc(N(Cc2ccccc2)Cc2ccccc2)c2[nH]c(-c3ccc(C(=O)N4CC(F)(F)C4)cc3F)cc12. The minimum absolute atomic E-state index is 0.00559. The number of nitrogens with one attached hydrogen (secondary N) is 1. The summed E-state index contributed by atoms with van der Waals surface area (Å²) in [6, 6.07) is 25.6. The molecule has 1 amide bonds. The van der Waals surface area contributed by atoms with Crippen LogP contribution in [0.15, 0.2) is 91.1 Å². The van der Waals surface area contributed by atoms with Crippen LogP contribution in [0.3, 0.4) is 0 Å². The van der Waals surface area contributed by atoms with E-state index in [1.165, 1.54) is 12.1 Å². The lowest BCUT2D eigenvalue weighted by Crippen LogP contribution is -2.58. The molecule has 1 fully saturated rings. The van der Waals surface area contributed by atoms with Crippen molar-refractivity contribution in [2.24, 2.45) is 0 Å². The molecule has 6 nitrogen and oxygen atoms in total. The van der Waals surface area contributed by atoms with Crippen LogP contribution < -0.4 is 4.90 Å². The van der Waals surface area contributed by atoms with Crippen LogP contribution in [0.25, 0.3) is 22.2 Å². The van der Waals surface area contributed by atoms with Gasteiger partial charge in [0.25, 0.3) is 11.8 Å². The van der Waals surface area contributed by atoms with Crippen molar-refractivity contribution < 1.29 is 22.8 Å². The molecule has 3 aromatic carbocycles. The van der Waals surface area contributed by atoms with Gasteiger partial charge >= 0.3 is 0 Å². The molecule has 218 valence electrons. The van der Waals surface area contributed by atoms with E-state index in [2.05, 4.69) is 9.88 Å². The Labute approximate surface area is 246 Å². The average Bonchev–Trinajstić information content (AvgIpc) is 3.44. The first-order chi connectivity index (χ1) is 20.7. The van der Waals surface area contributed by atoms with Gasteiger partial charge in [-0.15, -0.1) is 0 Å². The van der Waals surface area contributed by atoms with Gasteiger partial charge in [0.1, 0.15) is 5.82 Å². The van der Waals surface area contributed by atoms with E-state index in [0.717, 1.165) is 22.1 Å². The third-order valence-corrected chi connectivity index (χ3v) is 7.64. The predicted molar refractivity (Wildman–Crippen MR) is 160 cm³/mol. The van der Waals surface area contributed by atoms with Gasteiger partial charge in [0.15, 0.2) is 11.6 Å². The van der Waals surface area contributed by atoms with Gasteiger partial charge < -0.3 is 14.8 Å². The smallest absolute Gasteiger partial charge is 0.282 e. The van der Waals surface area contributed by atoms with E-state index in [9.17, 15) is 18.4 Å². The minimum atomic E-state index is -2.91. The number of H-pyrrole nitrogens is 1. The predicted octanol–water partition coefficient (Wildman–Crippen LogP) is 7.26. The second-order valence-corrected chi connectivity index (χ2v) is 10.8. The van der Waals surface area contributed by atoms with Crippen LogP contribution in [0.2, 0.25) is 0 Å². The van der Waals surface area contributed by atoms with Crippen LogP contribution in [-0.2, 0) is 13.1 Å². The number of hydrogen-bond acceptors (Lipinski definition) is 4. The van der Waals surface area contributed by atoms with Crippen molar-refractivity contribution >= 4 is 28.4 Å². The maximum Gasteiger partial charge on any atom is 0.282 e. The standard InChI is InChI=1S/C34H29F3N4O2/c1-2-30(42)27-17-38-32(40(18-22-9-5-3-6-10-22)19-23-11-7-4-8-12-23)31-26(27)16-29(39-31)25-14-13-24(15-28(25)35)33(43)41-20-34(36,37)21-41/h3-17,39H,2,18-21H2,1H3. The molecule has 1 saturated heterocycles. The Morgan fingerprint density at radius 1 is 0.930 bits per heavy atom. The number of carbonyl (C=O) groups is 2. The number of fused-ring (bicyclic) bond motifs is 1. The number of Topliss-reactive ketones (excluding diaryl/α,β-unsaturated/α-hetero) is 1. The zero-order chi connectivity index (χ0) is 30.1. The molecule has 0 spiro atoms. The van der Waals surface area contributed by atoms with Gasteiger partial charge in [-0.25, -0.2) is 18.2 Å². The highest BCUT2D eigenvalue weighted by Gasteiger charge is 2.46. The van der Waals surface area contributed by atoms with Crippen LogP contribution in [0.5, 0.6) is 0 Å². The lowest BCUT2D eigenvalue weighted by molar-refractivity contribution is -0.113. The highest BCUT2D eigenvalue weighted by Crippen LogP contribution is 2.35. The van der Waals surface area contributed by atoms with Crippen molar-refractivity contribution in [1.82, 2.24) is 14.9 Å². The largest absolute Gasteiger partial charge is 0.351 e. The molecule has 5 aromatic rings. The van der Waals surface area contributed by atoms with Gasteiger partial charge in [-0.1, -0.05) is 67.6 Å². The first-order valence-corrected chi connectivity index (χ1v) is 14.1. The van der Waals surface area contributed by atoms with Crippen LogP contribution in [0.4, 0.5) is 19.0 Å². The van der Waals surface area contributed by atoms with Crippen LogP contribution >= 0.6 is 0 Å². The Kier molecular flexibility index (Phi) is 7.48. The lowest BCUT2D eigenvalue weighted by Gasteiger charge is -2.38. The Morgan fingerprint density at radius 2 is 1.56 bits per heavy atom. The van der Waals surface area contributed by atoms with Crippen LogP contribution in [0.1, 0.15) is 45.2 Å². The van der Waals surface area contributed by atoms with Gasteiger partial charge in [0, 0.05) is 53.5 Å². The number of benzene rings is 3. The van der Waals surface area contributed by atoms with Crippen molar-refractivity contribution in [3.8, 4) is 11.3 Å². The number of aromatic nitrogens is 2. The zero-order valence-corrected chi connectivity index (χ0v) is 23.5. The molecular formula is C34H29F3N4O2. The number of nitrogens with zero attached hydrogens (tertiary/aromatic N) is 3. The number of halogens is 3. The second-order valence-electron chi connectivity index (χ2n) is 10.8. The molecule has 0 atom stereocenters. The van der Waals surface area contributed by atoms with Crippen molar-refractivity contribution in [2.45, 2.75) is 32.4 Å². The third kappa shape index (κ3) is 5.75. The number of amides is 1. The third-order valence-electron chi connectivity index (χ3n) is 7.64. The highest BCUT2D eigenvalue weighted by molar-refractivity contribution is 6.10. The quantitative estimate of drug-likeness (QED) is 0.186. The molecule has 0 saturated carbocycles. The minimum Gasteiger partial charge on any atom is -0.351 e. The summed E-state index contributed by atoms with van der Waals surface area (Å²) in [7, 11) is 0. The lowest BCUT2D eigenvalue weighted by atomic mass is 10.0. The first kappa shape index (κ1) is 28.2. The Hall–Kier alpha value is -4.92. The summed E-state index contributed by atoms with van der Waals surface area (Å²) in [5.74, 6) is -3.74. The van der Waals surface area contributed by atoms with Gasteiger partial charge in [-0.3, -0.25) is 9.59 Å². The van der Waals surface area contributed by atoms with Crippen LogP contribution in [-0.4, -0.2) is 45.6 Å². The number of alkyl halides is 2. The van der Waals surface area contributed by atoms with Gasteiger partial charge in [0.2, 0.25) is 0 Å². The van der Waals surface area contributed by atoms with Gasteiger partial charge in [-0.2, -0.15) is 0 Å². The fraction of sp³-hybridized carbons (Fsp3) is 0.206. The van der Waals surface area contributed by atoms with Crippen molar-refractivity contribution in [3.05, 3.63) is 119 Å². The summed E-state index contributed by atoms with van der Waals surface area (Å²) in [6.45, 7) is 1.49. The number of likely N-dealkylation sites (tertiary alicyclic amines) is 1. The molecule has 0 aliphatic carbocycles.